The first-order chi connectivity index (χ1) is 13.4. The number of thiocarbonyl (C=S) groups is 1. The maximum Gasteiger partial charge on any atom is 0.184 e. The molecule has 3 rings (SSSR count). The van der Waals surface area contributed by atoms with Gasteiger partial charge in [-0.2, -0.15) is 5.10 Å². The summed E-state index contributed by atoms with van der Waals surface area (Å²) < 4.78 is 28.9. The Morgan fingerprint density at radius 3 is 2.43 bits per heavy atom. The van der Waals surface area contributed by atoms with Crippen molar-refractivity contribution in [2.45, 2.75) is 6.54 Å². The summed E-state index contributed by atoms with van der Waals surface area (Å²) >= 11 is 10.5. The van der Waals surface area contributed by atoms with E-state index in [0.29, 0.717) is 18.1 Å². The van der Waals surface area contributed by atoms with Crippen LogP contribution in [0.4, 0.5) is 14.5 Å². The maximum absolute atomic E-state index is 14.5. The lowest BCUT2D eigenvalue weighted by Gasteiger charge is -2.36. The van der Waals surface area contributed by atoms with E-state index in [1.165, 1.54) is 11.6 Å². The van der Waals surface area contributed by atoms with Crippen LogP contribution in [-0.2, 0) is 6.54 Å². The Bertz CT molecular complexity index is 867. The van der Waals surface area contributed by atoms with Crippen LogP contribution in [0, 0.1) is 11.6 Å². The lowest BCUT2D eigenvalue weighted by Crippen LogP contribution is -2.46. The molecule has 3 N–H and O–H groups in total. The van der Waals surface area contributed by atoms with E-state index in [9.17, 15) is 8.78 Å². The number of rotatable bonds is 5. The number of benzene rings is 2. The molecule has 2 aromatic rings. The molecule has 2 aromatic carbocycles. The van der Waals surface area contributed by atoms with Gasteiger partial charge < -0.3 is 10.6 Å². The molecule has 0 bridgehead atoms. The molecule has 1 fully saturated rings. The fourth-order valence-corrected chi connectivity index (χ4v) is 3.24. The molecular formula is C19H20ClF2N5S. The molecule has 0 unspecified atom stereocenters. The summed E-state index contributed by atoms with van der Waals surface area (Å²) in [6, 6.07) is 10.8. The molecule has 148 valence electrons. The van der Waals surface area contributed by atoms with E-state index in [2.05, 4.69) is 27.6 Å². The fraction of sp³-hybridized carbons (Fsp3) is 0.263. The lowest BCUT2D eigenvalue weighted by atomic mass is 10.1. The van der Waals surface area contributed by atoms with Gasteiger partial charge in [-0.15, -0.1) is 0 Å². The Kier molecular flexibility index (Phi) is 6.77. The summed E-state index contributed by atoms with van der Waals surface area (Å²) in [7, 11) is 0. The zero-order valence-electron chi connectivity index (χ0n) is 15.0. The van der Waals surface area contributed by atoms with Gasteiger partial charge >= 0.3 is 0 Å². The van der Waals surface area contributed by atoms with Crippen LogP contribution in [0.1, 0.15) is 11.1 Å². The molecular weight excluding hydrogens is 404 g/mol. The number of piperazine rings is 1. The highest BCUT2D eigenvalue weighted by molar-refractivity contribution is 7.80. The Morgan fingerprint density at radius 1 is 1.11 bits per heavy atom. The van der Waals surface area contributed by atoms with Crippen LogP contribution in [0.2, 0.25) is 5.02 Å². The molecule has 5 nitrogen and oxygen atoms in total. The van der Waals surface area contributed by atoms with E-state index in [1.54, 1.807) is 6.07 Å². The number of halogens is 3. The van der Waals surface area contributed by atoms with Gasteiger partial charge in [-0.05, 0) is 42.0 Å². The minimum Gasteiger partial charge on any atom is -0.375 e. The van der Waals surface area contributed by atoms with Crippen molar-refractivity contribution < 1.29 is 8.78 Å². The van der Waals surface area contributed by atoms with Crippen LogP contribution in [-0.4, -0.2) is 42.4 Å². The van der Waals surface area contributed by atoms with Crippen LogP contribution in [0.5, 0.6) is 0 Å². The Balaban J connectivity index is 1.62. The SMILES string of the molecule is NC(=S)NN=Cc1ccc(N2CCN(Cc3ccc(Cl)cc3)CC2)c(F)c1F. The molecule has 0 atom stereocenters. The molecule has 1 aliphatic rings. The van der Waals surface area contributed by atoms with Gasteiger partial charge in [0.05, 0.1) is 11.9 Å². The highest BCUT2D eigenvalue weighted by Gasteiger charge is 2.22. The zero-order valence-corrected chi connectivity index (χ0v) is 16.6. The summed E-state index contributed by atoms with van der Waals surface area (Å²) in [6.07, 6.45) is 1.14. The van der Waals surface area contributed by atoms with Crippen LogP contribution in [0.15, 0.2) is 41.5 Å². The van der Waals surface area contributed by atoms with E-state index in [-0.39, 0.29) is 16.4 Å². The lowest BCUT2D eigenvalue weighted by molar-refractivity contribution is 0.249. The summed E-state index contributed by atoms with van der Waals surface area (Å²) in [4.78, 5) is 4.13. The van der Waals surface area contributed by atoms with E-state index >= 15 is 0 Å². The number of anilines is 1. The predicted molar refractivity (Wildman–Crippen MR) is 113 cm³/mol. The van der Waals surface area contributed by atoms with Gasteiger partial charge in [-0.25, -0.2) is 8.78 Å². The third kappa shape index (κ3) is 5.15. The molecule has 28 heavy (non-hydrogen) atoms. The van der Waals surface area contributed by atoms with Crippen molar-refractivity contribution in [1.29, 1.82) is 0 Å². The van der Waals surface area contributed by atoms with Crippen molar-refractivity contribution >= 4 is 40.8 Å². The molecule has 1 heterocycles. The average Bonchev–Trinajstić information content (AvgIpc) is 2.68. The van der Waals surface area contributed by atoms with Crippen molar-refractivity contribution in [3.8, 4) is 0 Å². The maximum atomic E-state index is 14.5. The zero-order chi connectivity index (χ0) is 20.1. The summed E-state index contributed by atoms with van der Waals surface area (Å²) in [5, 5.41) is 4.32. The molecule has 0 amide bonds. The number of hydrazone groups is 1. The van der Waals surface area contributed by atoms with Gasteiger partial charge in [0.25, 0.3) is 0 Å². The fourth-order valence-electron chi connectivity index (χ4n) is 3.06. The molecule has 1 saturated heterocycles. The van der Waals surface area contributed by atoms with E-state index in [1.807, 2.05) is 29.2 Å². The highest BCUT2D eigenvalue weighted by atomic mass is 35.5. The minimum absolute atomic E-state index is 0.0198. The van der Waals surface area contributed by atoms with Crippen LogP contribution in [0.3, 0.4) is 0 Å². The molecule has 9 heteroatoms. The van der Waals surface area contributed by atoms with Gasteiger partial charge in [0.2, 0.25) is 0 Å². The third-order valence-corrected chi connectivity index (χ3v) is 4.85. The predicted octanol–water partition coefficient (Wildman–Crippen LogP) is 3.11. The largest absolute Gasteiger partial charge is 0.375 e. The van der Waals surface area contributed by atoms with Crippen molar-refractivity contribution in [1.82, 2.24) is 10.3 Å². The number of hydrogen-bond donors (Lipinski definition) is 2. The van der Waals surface area contributed by atoms with Gasteiger partial charge in [-0.3, -0.25) is 10.3 Å². The normalized spacial score (nSPS) is 15.2. The van der Waals surface area contributed by atoms with Gasteiger partial charge in [0.15, 0.2) is 16.7 Å². The minimum atomic E-state index is -0.949. The van der Waals surface area contributed by atoms with E-state index < -0.39 is 11.6 Å². The molecule has 0 aliphatic carbocycles. The Hall–Kier alpha value is -2.29. The molecule has 0 spiro atoms. The second-order valence-corrected chi connectivity index (χ2v) is 7.30. The number of nitrogens with two attached hydrogens (primary N) is 1. The first-order valence-electron chi connectivity index (χ1n) is 8.72. The second kappa shape index (κ2) is 9.27. The summed E-state index contributed by atoms with van der Waals surface area (Å²) in [6.45, 7) is 3.53. The quantitative estimate of drug-likeness (QED) is 0.439. The first kappa shape index (κ1) is 20.4. The second-order valence-electron chi connectivity index (χ2n) is 6.43. The number of hydrogen-bond acceptors (Lipinski definition) is 4. The average molecular weight is 424 g/mol. The van der Waals surface area contributed by atoms with Crippen LogP contribution < -0.4 is 16.1 Å². The monoisotopic (exact) mass is 423 g/mol. The van der Waals surface area contributed by atoms with Gasteiger partial charge in [0, 0.05) is 43.3 Å². The molecule has 1 aliphatic heterocycles. The highest BCUT2D eigenvalue weighted by Crippen LogP contribution is 2.25. The van der Waals surface area contributed by atoms with Crippen molar-refractivity contribution in [3.63, 3.8) is 0 Å². The summed E-state index contributed by atoms with van der Waals surface area (Å²) in [5.41, 5.74) is 8.99. The molecule has 0 radical (unpaired) electrons. The van der Waals surface area contributed by atoms with Crippen molar-refractivity contribution in [2.75, 3.05) is 31.1 Å². The number of nitrogens with zero attached hydrogens (tertiary/aromatic N) is 3. The van der Waals surface area contributed by atoms with Crippen molar-refractivity contribution in [3.05, 3.63) is 64.2 Å². The van der Waals surface area contributed by atoms with E-state index in [0.717, 1.165) is 25.8 Å². The standard InChI is InChI=1S/C19H20ClF2N5S/c20-15-4-1-13(2-5-15)12-26-7-9-27(10-8-26)16-6-3-14(17(21)18(16)22)11-24-25-19(23)28/h1-6,11H,7-10,12H2,(H3,23,25,28). The number of nitrogens with one attached hydrogen (secondary N) is 1. The smallest absolute Gasteiger partial charge is 0.184 e. The third-order valence-electron chi connectivity index (χ3n) is 4.50. The summed E-state index contributed by atoms with van der Waals surface area (Å²) in [5.74, 6) is -1.83. The van der Waals surface area contributed by atoms with E-state index in [4.69, 9.17) is 17.3 Å². The van der Waals surface area contributed by atoms with Gasteiger partial charge in [-0.1, -0.05) is 23.7 Å². The van der Waals surface area contributed by atoms with Crippen LogP contribution in [0.25, 0.3) is 0 Å². The topological polar surface area (TPSA) is 56.9 Å². The molecule has 0 aromatic heterocycles. The molecule has 0 saturated carbocycles. The van der Waals surface area contributed by atoms with Crippen LogP contribution >= 0.6 is 23.8 Å². The Labute approximate surface area is 172 Å². The van der Waals surface area contributed by atoms with Gasteiger partial charge in [0.1, 0.15) is 0 Å². The first-order valence-corrected chi connectivity index (χ1v) is 9.51. The Morgan fingerprint density at radius 2 is 1.79 bits per heavy atom. The van der Waals surface area contributed by atoms with Crippen molar-refractivity contribution in [2.24, 2.45) is 10.8 Å².